The van der Waals surface area contributed by atoms with E-state index < -0.39 is 0 Å². The van der Waals surface area contributed by atoms with Gasteiger partial charge in [0.2, 0.25) is 0 Å². The molecule has 2 heterocycles. The normalized spacial score (nSPS) is 17.5. The molecule has 34 heavy (non-hydrogen) atoms. The maximum atomic E-state index is 13.3. The summed E-state index contributed by atoms with van der Waals surface area (Å²) in [5, 5.41) is 1.47. The van der Waals surface area contributed by atoms with Gasteiger partial charge in [-0.2, -0.15) is 0 Å². The van der Waals surface area contributed by atoms with Crippen molar-refractivity contribution in [3.05, 3.63) is 94.0 Å². The van der Waals surface area contributed by atoms with Crippen LogP contribution in [0.15, 0.2) is 72.8 Å². The third kappa shape index (κ3) is 5.00. The second kappa shape index (κ2) is 10.2. The lowest BCUT2D eigenvalue weighted by molar-refractivity contribution is -0.113. The van der Waals surface area contributed by atoms with Crippen LogP contribution in [-0.2, 0) is 4.79 Å². The zero-order chi connectivity index (χ0) is 23.5. The molecule has 174 valence electrons. The topological polar surface area (TPSA) is 26.8 Å². The van der Waals surface area contributed by atoms with Crippen LogP contribution in [-0.4, -0.2) is 50.1 Å². The van der Waals surface area contributed by atoms with Gasteiger partial charge in [-0.25, -0.2) is 0 Å². The number of amides is 1. The molecule has 3 aromatic carbocycles. The monoisotopic (exact) mass is 491 g/mol. The van der Waals surface area contributed by atoms with Gasteiger partial charge < -0.3 is 9.80 Å². The Bertz CT molecular complexity index is 1200. The Hall–Kier alpha value is -2.79. The molecular formula is C28H27Cl2N3O. The highest BCUT2D eigenvalue weighted by atomic mass is 35.5. The Morgan fingerprint density at radius 1 is 0.794 bits per heavy atom. The smallest absolute Gasteiger partial charge is 0.258 e. The zero-order valence-corrected chi connectivity index (χ0v) is 20.5. The summed E-state index contributed by atoms with van der Waals surface area (Å²) in [5.41, 5.74) is 4.90. The molecule has 6 heteroatoms. The third-order valence-electron chi connectivity index (χ3n) is 6.54. The van der Waals surface area contributed by atoms with Crippen LogP contribution in [0.1, 0.15) is 17.5 Å². The summed E-state index contributed by atoms with van der Waals surface area (Å²) in [5.74, 6) is 0.0712. The molecule has 4 nitrogen and oxygen atoms in total. The van der Waals surface area contributed by atoms with Crippen LogP contribution in [0.2, 0.25) is 10.0 Å². The van der Waals surface area contributed by atoms with Crippen LogP contribution in [0.3, 0.4) is 0 Å². The van der Waals surface area contributed by atoms with Gasteiger partial charge in [0.25, 0.3) is 5.91 Å². The summed E-state index contributed by atoms with van der Waals surface area (Å²) in [6.07, 6.45) is 2.90. The van der Waals surface area contributed by atoms with E-state index in [0.29, 0.717) is 11.6 Å². The molecule has 0 atom stereocenters. The molecule has 1 fully saturated rings. The maximum absolute atomic E-state index is 13.3. The van der Waals surface area contributed by atoms with Gasteiger partial charge in [0, 0.05) is 59.6 Å². The molecule has 3 aromatic rings. The van der Waals surface area contributed by atoms with Crippen LogP contribution >= 0.6 is 23.2 Å². The average molecular weight is 492 g/mol. The number of halogens is 2. The minimum Gasteiger partial charge on any atom is -0.369 e. The van der Waals surface area contributed by atoms with Crippen molar-refractivity contribution in [1.82, 2.24) is 4.90 Å². The number of nitrogens with zero attached hydrogens (tertiary/aromatic N) is 3. The van der Waals surface area contributed by atoms with Gasteiger partial charge in [0.15, 0.2) is 0 Å². The summed E-state index contributed by atoms with van der Waals surface area (Å²) in [4.78, 5) is 20.1. The second-order valence-corrected chi connectivity index (χ2v) is 9.62. The van der Waals surface area contributed by atoms with E-state index in [1.807, 2.05) is 77.7 Å². The number of para-hydroxylation sites is 1. The molecule has 2 aliphatic heterocycles. The lowest BCUT2D eigenvalue weighted by Gasteiger charge is -2.36. The number of hydrogen-bond donors (Lipinski definition) is 0. The first-order valence-corrected chi connectivity index (χ1v) is 12.5. The van der Waals surface area contributed by atoms with Crippen molar-refractivity contribution in [2.45, 2.75) is 6.42 Å². The molecule has 0 N–H and O–H groups in total. The molecule has 0 aliphatic carbocycles. The molecule has 2 aliphatic rings. The van der Waals surface area contributed by atoms with Crippen molar-refractivity contribution >= 4 is 52.1 Å². The largest absolute Gasteiger partial charge is 0.369 e. The fraction of sp³-hybridized carbons (Fsp3) is 0.250. The van der Waals surface area contributed by atoms with E-state index in [1.54, 1.807) is 0 Å². The van der Waals surface area contributed by atoms with Crippen LogP contribution in [0, 0.1) is 0 Å². The Balaban J connectivity index is 1.20. The van der Waals surface area contributed by atoms with E-state index >= 15 is 0 Å². The Morgan fingerprint density at radius 2 is 1.56 bits per heavy atom. The van der Waals surface area contributed by atoms with Crippen molar-refractivity contribution in [2.24, 2.45) is 0 Å². The van der Waals surface area contributed by atoms with E-state index in [4.69, 9.17) is 23.2 Å². The number of hydrogen-bond acceptors (Lipinski definition) is 3. The van der Waals surface area contributed by atoms with Gasteiger partial charge in [-0.1, -0.05) is 59.6 Å². The van der Waals surface area contributed by atoms with Crippen LogP contribution in [0.25, 0.3) is 11.6 Å². The standard InChI is InChI=1S/C28H27Cl2N3O/c29-22-11-9-21(10-12-22)19-26-25-7-1-2-8-27(25)33(28(26)34)14-4-13-31-15-17-32(18-16-31)24-6-3-5-23(30)20-24/h1-3,5-12,19-20H,4,13-18H2/b26-19+. The number of rotatable bonds is 6. The van der Waals surface area contributed by atoms with Gasteiger partial charge in [0.1, 0.15) is 0 Å². The van der Waals surface area contributed by atoms with Gasteiger partial charge in [-0.3, -0.25) is 9.69 Å². The first kappa shape index (κ1) is 23.0. The van der Waals surface area contributed by atoms with E-state index in [1.165, 1.54) is 5.69 Å². The summed E-state index contributed by atoms with van der Waals surface area (Å²) in [7, 11) is 0. The van der Waals surface area contributed by atoms with E-state index in [9.17, 15) is 4.79 Å². The highest BCUT2D eigenvalue weighted by Crippen LogP contribution is 2.37. The predicted octanol–water partition coefficient (Wildman–Crippen LogP) is 6.09. The Kier molecular flexibility index (Phi) is 6.91. The number of anilines is 2. The van der Waals surface area contributed by atoms with Crippen molar-refractivity contribution in [2.75, 3.05) is 49.1 Å². The summed E-state index contributed by atoms with van der Waals surface area (Å²) in [6, 6.07) is 23.7. The van der Waals surface area contributed by atoms with Gasteiger partial charge in [0.05, 0.1) is 5.69 Å². The summed E-state index contributed by atoms with van der Waals surface area (Å²) in [6.45, 7) is 5.69. The minimum absolute atomic E-state index is 0.0712. The van der Waals surface area contributed by atoms with Crippen LogP contribution in [0.4, 0.5) is 11.4 Å². The van der Waals surface area contributed by atoms with Crippen LogP contribution < -0.4 is 9.80 Å². The highest BCUT2D eigenvalue weighted by Gasteiger charge is 2.31. The third-order valence-corrected chi connectivity index (χ3v) is 7.03. The minimum atomic E-state index is 0.0712. The molecule has 0 bridgehead atoms. The first-order valence-electron chi connectivity index (χ1n) is 11.7. The number of piperazine rings is 1. The van der Waals surface area contributed by atoms with Gasteiger partial charge in [-0.05, 0) is 61.0 Å². The summed E-state index contributed by atoms with van der Waals surface area (Å²) >= 11 is 12.2. The quantitative estimate of drug-likeness (QED) is 0.390. The molecule has 1 saturated heterocycles. The fourth-order valence-corrected chi connectivity index (χ4v) is 5.06. The summed E-state index contributed by atoms with van der Waals surface area (Å²) < 4.78 is 0. The predicted molar refractivity (Wildman–Crippen MR) is 143 cm³/mol. The number of benzene rings is 3. The lowest BCUT2D eigenvalue weighted by atomic mass is 10.0. The molecule has 0 radical (unpaired) electrons. The number of carbonyl (C=O) groups excluding carboxylic acids is 1. The number of carbonyl (C=O) groups is 1. The molecule has 0 saturated carbocycles. The average Bonchev–Trinajstić information content (AvgIpc) is 3.12. The van der Waals surface area contributed by atoms with E-state index in [0.717, 1.165) is 66.6 Å². The Labute approximate surface area is 211 Å². The number of fused-ring (bicyclic) bond motifs is 1. The van der Waals surface area contributed by atoms with Crippen molar-refractivity contribution in [3.63, 3.8) is 0 Å². The van der Waals surface area contributed by atoms with Gasteiger partial charge in [-0.15, -0.1) is 0 Å². The van der Waals surface area contributed by atoms with Crippen molar-refractivity contribution < 1.29 is 4.79 Å². The van der Waals surface area contributed by atoms with Crippen molar-refractivity contribution in [3.8, 4) is 0 Å². The molecule has 0 aromatic heterocycles. The van der Waals surface area contributed by atoms with E-state index in [2.05, 4.69) is 15.9 Å². The zero-order valence-electron chi connectivity index (χ0n) is 19.0. The second-order valence-electron chi connectivity index (χ2n) is 8.75. The van der Waals surface area contributed by atoms with Gasteiger partial charge >= 0.3 is 0 Å². The molecule has 0 unspecified atom stereocenters. The molecule has 0 spiro atoms. The van der Waals surface area contributed by atoms with E-state index in [-0.39, 0.29) is 5.91 Å². The van der Waals surface area contributed by atoms with Crippen molar-refractivity contribution in [1.29, 1.82) is 0 Å². The molecule has 1 amide bonds. The molecule has 5 rings (SSSR count). The maximum Gasteiger partial charge on any atom is 0.258 e. The molecular weight excluding hydrogens is 465 g/mol. The Morgan fingerprint density at radius 3 is 2.32 bits per heavy atom. The fourth-order valence-electron chi connectivity index (χ4n) is 4.75. The van der Waals surface area contributed by atoms with Crippen LogP contribution in [0.5, 0.6) is 0 Å². The lowest BCUT2D eigenvalue weighted by Crippen LogP contribution is -2.47. The first-order chi connectivity index (χ1) is 16.6. The highest BCUT2D eigenvalue weighted by molar-refractivity contribution is 6.36. The SMILES string of the molecule is O=C1/C(=C/c2ccc(Cl)cc2)c2ccccc2N1CCCN1CCN(c2cccc(Cl)c2)CC1.